The average molecular weight is 460 g/mol. The standard InChI is InChI=1S/C25H21F3N2O3.3H2/c26-25(27,28)20-12-18(5-6-19(20)16-3-1-2-15(10-16)13-29)30-23(31)24(8-9-24)17-4-7-21-22(11-17)33-14-32-21;;;/h1-7,10-12H,8-9,13-14,29H2,(H,30,31);3*1H. The fourth-order valence-corrected chi connectivity index (χ4v) is 4.19. The highest BCUT2D eigenvalue weighted by atomic mass is 19.4. The third-order valence-electron chi connectivity index (χ3n) is 6.17. The zero-order valence-corrected chi connectivity index (χ0v) is 17.5. The summed E-state index contributed by atoms with van der Waals surface area (Å²) in [6.07, 6.45) is -3.38. The van der Waals surface area contributed by atoms with Crippen molar-refractivity contribution in [3.05, 3.63) is 77.4 Å². The van der Waals surface area contributed by atoms with Crippen molar-refractivity contribution in [1.29, 1.82) is 0 Å². The van der Waals surface area contributed by atoms with Crippen molar-refractivity contribution in [2.24, 2.45) is 5.73 Å². The number of amides is 1. The number of benzene rings is 3. The van der Waals surface area contributed by atoms with Crippen molar-refractivity contribution < 1.29 is 31.7 Å². The first-order chi connectivity index (χ1) is 15.8. The number of halogens is 3. The van der Waals surface area contributed by atoms with Crippen LogP contribution in [0, 0.1) is 0 Å². The maximum absolute atomic E-state index is 13.9. The number of nitrogens with one attached hydrogen (secondary N) is 1. The predicted octanol–water partition coefficient (Wildman–Crippen LogP) is 5.97. The lowest BCUT2D eigenvalue weighted by Crippen LogP contribution is -2.28. The first kappa shape index (κ1) is 21.3. The molecule has 0 aromatic heterocycles. The van der Waals surface area contributed by atoms with Crippen LogP contribution in [-0.2, 0) is 22.9 Å². The second-order valence-electron chi connectivity index (χ2n) is 8.27. The summed E-state index contributed by atoms with van der Waals surface area (Å²) in [6.45, 7) is 0.351. The Morgan fingerprint density at radius 1 is 1.03 bits per heavy atom. The highest BCUT2D eigenvalue weighted by molar-refractivity contribution is 6.01. The normalized spacial score (nSPS) is 15.9. The molecule has 0 atom stereocenters. The van der Waals surface area contributed by atoms with Crippen molar-refractivity contribution in [3.63, 3.8) is 0 Å². The molecule has 1 heterocycles. The Morgan fingerprint density at radius 3 is 2.55 bits per heavy atom. The maximum Gasteiger partial charge on any atom is 0.417 e. The summed E-state index contributed by atoms with van der Waals surface area (Å²) in [7, 11) is 0. The van der Waals surface area contributed by atoms with Crippen molar-refractivity contribution in [2.75, 3.05) is 12.1 Å². The third kappa shape index (κ3) is 3.91. The van der Waals surface area contributed by atoms with Crippen molar-refractivity contribution >= 4 is 11.6 Å². The molecule has 3 N–H and O–H groups in total. The van der Waals surface area contributed by atoms with E-state index >= 15 is 0 Å². The predicted molar refractivity (Wildman–Crippen MR) is 123 cm³/mol. The van der Waals surface area contributed by atoms with E-state index in [9.17, 15) is 18.0 Å². The number of carbonyl (C=O) groups excluding carboxylic acids is 1. The largest absolute Gasteiger partial charge is 0.454 e. The molecule has 0 saturated heterocycles. The highest BCUT2D eigenvalue weighted by Crippen LogP contribution is 2.51. The van der Waals surface area contributed by atoms with E-state index in [0.29, 0.717) is 29.9 Å². The molecule has 3 aromatic rings. The van der Waals surface area contributed by atoms with Gasteiger partial charge in [-0.05, 0) is 65.4 Å². The molecular formula is C25H27F3N2O3. The van der Waals surface area contributed by atoms with Crippen LogP contribution in [-0.4, -0.2) is 12.7 Å². The number of fused-ring (bicyclic) bond motifs is 1. The van der Waals surface area contributed by atoms with Gasteiger partial charge in [-0.1, -0.05) is 30.3 Å². The lowest BCUT2D eigenvalue weighted by molar-refractivity contribution is -0.137. The number of carbonyl (C=O) groups is 1. The minimum Gasteiger partial charge on any atom is -0.454 e. The quantitative estimate of drug-likeness (QED) is 0.492. The summed E-state index contributed by atoms with van der Waals surface area (Å²) in [5.41, 5.74) is 6.08. The van der Waals surface area contributed by atoms with Crippen LogP contribution in [0.15, 0.2) is 60.7 Å². The number of nitrogens with two attached hydrogens (primary N) is 1. The van der Waals surface area contributed by atoms with Crippen molar-refractivity contribution in [1.82, 2.24) is 0 Å². The lowest BCUT2D eigenvalue weighted by atomic mass is 9.94. The number of alkyl halides is 3. The summed E-state index contributed by atoms with van der Waals surface area (Å²) < 4.78 is 52.4. The van der Waals surface area contributed by atoms with Crippen LogP contribution < -0.4 is 20.5 Å². The zero-order valence-electron chi connectivity index (χ0n) is 17.5. The molecular weight excluding hydrogens is 433 g/mol. The van der Waals surface area contributed by atoms with Gasteiger partial charge in [-0.3, -0.25) is 4.79 Å². The molecule has 1 aliphatic carbocycles. The van der Waals surface area contributed by atoms with Crippen molar-refractivity contribution in [3.8, 4) is 22.6 Å². The number of hydrogen-bond acceptors (Lipinski definition) is 4. The fourth-order valence-electron chi connectivity index (χ4n) is 4.19. The van der Waals surface area contributed by atoms with Gasteiger partial charge in [0.15, 0.2) is 11.5 Å². The molecule has 176 valence electrons. The maximum atomic E-state index is 13.9. The van der Waals surface area contributed by atoms with E-state index in [4.69, 9.17) is 15.2 Å². The summed E-state index contributed by atoms with van der Waals surface area (Å²) in [5, 5.41) is 2.69. The van der Waals surface area contributed by atoms with Crippen LogP contribution in [0.25, 0.3) is 11.1 Å². The first-order valence-corrected chi connectivity index (χ1v) is 10.5. The van der Waals surface area contributed by atoms with Crippen molar-refractivity contribution in [2.45, 2.75) is 31.0 Å². The molecule has 0 bridgehead atoms. The summed E-state index contributed by atoms with van der Waals surface area (Å²) >= 11 is 0. The smallest absolute Gasteiger partial charge is 0.417 e. The molecule has 0 spiro atoms. The average Bonchev–Trinajstić information content (AvgIpc) is 3.49. The Labute approximate surface area is 192 Å². The van der Waals surface area contributed by atoms with E-state index in [1.165, 1.54) is 12.1 Å². The van der Waals surface area contributed by atoms with Crippen LogP contribution >= 0.6 is 0 Å². The second-order valence-corrected chi connectivity index (χ2v) is 8.27. The second kappa shape index (κ2) is 7.81. The molecule has 2 aliphatic rings. The van der Waals surface area contributed by atoms with E-state index in [-0.39, 0.29) is 34.8 Å². The molecule has 1 aliphatic heterocycles. The summed E-state index contributed by atoms with van der Waals surface area (Å²) in [6, 6.07) is 15.9. The minimum absolute atomic E-state index is 0. The van der Waals surface area contributed by atoms with Gasteiger partial charge in [-0.25, -0.2) is 0 Å². The first-order valence-electron chi connectivity index (χ1n) is 10.5. The number of anilines is 1. The number of rotatable bonds is 5. The van der Waals surface area contributed by atoms with Crippen LogP contribution in [0.4, 0.5) is 18.9 Å². The molecule has 1 saturated carbocycles. The molecule has 0 radical (unpaired) electrons. The number of hydrogen-bond donors (Lipinski definition) is 2. The molecule has 5 nitrogen and oxygen atoms in total. The Hall–Kier alpha value is -3.52. The topological polar surface area (TPSA) is 73.6 Å². The van der Waals surface area contributed by atoms with E-state index in [1.807, 2.05) is 0 Å². The third-order valence-corrected chi connectivity index (χ3v) is 6.17. The van der Waals surface area contributed by atoms with Gasteiger partial charge in [0.2, 0.25) is 12.7 Å². The van der Waals surface area contributed by atoms with Gasteiger partial charge in [-0.15, -0.1) is 0 Å². The SMILES string of the molecule is NCc1cccc(-c2ccc(NC(=O)C3(c4ccc5c(c4)OCO5)CC3)cc2C(F)(F)F)c1.[HH].[HH].[HH]. The Bertz CT molecular complexity index is 1250. The molecule has 33 heavy (non-hydrogen) atoms. The van der Waals surface area contributed by atoms with Gasteiger partial charge in [0, 0.05) is 16.5 Å². The Balaban J connectivity index is 0.00000152. The zero-order chi connectivity index (χ0) is 23.2. The Morgan fingerprint density at radius 2 is 1.82 bits per heavy atom. The van der Waals surface area contributed by atoms with Gasteiger partial charge in [0.25, 0.3) is 0 Å². The van der Waals surface area contributed by atoms with Gasteiger partial charge >= 0.3 is 6.18 Å². The van der Waals surface area contributed by atoms with Gasteiger partial charge in [-0.2, -0.15) is 13.2 Å². The Kier molecular flexibility index (Phi) is 5.05. The monoisotopic (exact) mass is 460 g/mol. The minimum atomic E-state index is -4.59. The van der Waals surface area contributed by atoms with Crippen LogP contribution in [0.1, 0.15) is 33.8 Å². The van der Waals surface area contributed by atoms with Crippen LogP contribution in [0.5, 0.6) is 11.5 Å². The van der Waals surface area contributed by atoms with Crippen LogP contribution in [0.2, 0.25) is 0 Å². The highest BCUT2D eigenvalue weighted by Gasteiger charge is 2.51. The molecule has 1 amide bonds. The number of ether oxygens (including phenoxy) is 2. The molecule has 0 unspecified atom stereocenters. The van der Waals surface area contributed by atoms with Gasteiger partial charge < -0.3 is 20.5 Å². The van der Waals surface area contributed by atoms with E-state index < -0.39 is 17.2 Å². The summed E-state index contributed by atoms with van der Waals surface area (Å²) in [4.78, 5) is 13.1. The van der Waals surface area contributed by atoms with Gasteiger partial charge in [0.1, 0.15) is 0 Å². The van der Waals surface area contributed by atoms with Crippen LogP contribution in [0.3, 0.4) is 0 Å². The lowest BCUT2D eigenvalue weighted by Gasteiger charge is -2.19. The molecule has 8 heteroatoms. The van der Waals surface area contributed by atoms with E-state index in [0.717, 1.165) is 17.2 Å². The summed E-state index contributed by atoms with van der Waals surface area (Å²) in [5.74, 6) is 0.835. The molecule has 1 fully saturated rings. The van der Waals surface area contributed by atoms with E-state index in [1.54, 1.807) is 42.5 Å². The van der Waals surface area contributed by atoms with E-state index in [2.05, 4.69) is 5.32 Å². The molecule has 5 rings (SSSR count). The fraction of sp³-hybridized carbons (Fsp3) is 0.240. The van der Waals surface area contributed by atoms with Gasteiger partial charge in [0.05, 0.1) is 11.0 Å². The molecule has 3 aromatic carbocycles.